The van der Waals surface area contributed by atoms with Crippen LogP contribution in [0.4, 0.5) is 0 Å². The molecule has 0 radical (unpaired) electrons. The molecule has 1 unspecified atom stereocenters. The predicted molar refractivity (Wildman–Crippen MR) is 82.1 cm³/mol. The lowest BCUT2D eigenvalue weighted by Gasteiger charge is -2.06. The molecule has 2 rings (SSSR count). The summed E-state index contributed by atoms with van der Waals surface area (Å²) in [5.74, 6) is 0. The number of rotatable bonds is 4. The van der Waals surface area contributed by atoms with Gasteiger partial charge >= 0.3 is 7.80 Å². The zero-order valence-corrected chi connectivity index (χ0v) is 12.7. The molecule has 0 spiro atoms. The van der Waals surface area contributed by atoms with Crippen LogP contribution in [-0.4, -0.2) is 0 Å². The molecule has 0 aromatic heterocycles. The molecule has 0 aliphatic carbocycles. The Bertz CT molecular complexity index is 564. The molecule has 0 amide bonds. The third-order valence-electron chi connectivity index (χ3n) is 3.38. The second kappa shape index (κ2) is 6.12. The van der Waals surface area contributed by atoms with Crippen molar-refractivity contribution < 1.29 is 4.57 Å². The third-order valence-corrected chi connectivity index (χ3v) is 4.76. The van der Waals surface area contributed by atoms with Crippen LogP contribution >= 0.6 is 7.80 Å². The molecule has 0 aliphatic heterocycles. The molecule has 0 saturated heterocycles. The number of benzene rings is 2. The van der Waals surface area contributed by atoms with Gasteiger partial charge in [-0.3, -0.25) is 0 Å². The van der Waals surface area contributed by atoms with Crippen molar-refractivity contribution in [3.05, 3.63) is 70.3 Å². The van der Waals surface area contributed by atoms with Gasteiger partial charge in [0.15, 0.2) is 12.3 Å². The predicted octanol–water partition coefficient (Wildman–Crippen LogP) is 5.14. The van der Waals surface area contributed by atoms with Crippen LogP contribution in [-0.2, 0) is 16.9 Å². The van der Waals surface area contributed by atoms with Crippen molar-refractivity contribution >= 4 is 7.80 Å². The maximum atomic E-state index is 12.3. The zero-order valence-electron chi connectivity index (χ0n) is 11.8. The van der Waals surface area contributed by atoms with E-state index < -0.39 is 7.80 Å². The Hall–Kier alpha value is -1.46. The first-order chi connectivity index (χ1) is 9.06. The fourth-order valence-electron chi connectivity index (χ4n) is 2.48. The van der Waals surface area contributed by atoms with E-state index in [1.54, 1.807) is 0 Å². The number of hydrogen-bond donors (Lipinski definition) is 0. The van der Waals surface area contributed by atoms with Crippen LogP contribution in [0.3, 0.4) is 0 Å². The zero-order chi connectivity index (χ0) is 13.8. The molecule has 2 aromatic rings. The van der Waals surface area contributed by atoms with Crippen molar-refractivity contribution in [2.75, 3.05) is 0 Å². The smallest absolute Gasteiger partial charge is 0.0740 e. The third kappa shape index (κ3) is 3.75. The number of aryl methyl sites for hydroxylation is 3. The van der Waals surface area contributed by atoms with Gasteiger partial charge in [0.25, 0.3) is 0 Å². The fourth-order valence-corrected chi connectivity index (χ4v) is 4.06. The lowest BCUT2D eigenvalue weighted by atomic mass is 10.0. The van der Waals surface area contributed by atoms with Gasteiger partial charge in [0, 0.05) is 5.56 Å². The molecular formula is C17H20OP+. The van der Waals surface area contributed by atoms with Crippen molar-refractivity contribution in [1.82, 2.24) is 0 Å². The summed E-state index contributed by atoms with van der Waals surface area (Å²) in [5.41, 5.74) is 6.20. The van der Waals surface area contributed by atoms with Gasteiger partial charge in [-0.2, -0.15) is 0 Å². The normalized spacial score (nSPS) is 11.4. The Morgan fingerprint density at radius 2 is 1.47 bits per heavy atom. The van der Waals surface area contributed by atoms with Crippen molar-refractivity contribution in [1.29, 1.82) is 0 Å². The average Bonchev–Trinajstić information content (AvgIpc) is 2.35. The molecule has 2 aromatic carbocycles. The van der Waals surface area contributed by atoms with Crippen LogP contribution in [0.1, 0.15) is 27.8 Å². The second-order valence-electron chi connectivity index (χ2n) is 5.16. The largest absolute Gasteiger partial charge is 0.348 e. The topological polar surface area (TPSA) is 17.1 Å². The van der Waals surface area contributed by atoms with Crippen LogP contribution in [0.25, 0.3) is 0 Å². The van der Waals surface area contributed by atoms with E-state index in [9.17, 15) is 4.57 Å². The van der Waals surface area contributed by atoms with Crippen molar-refractivity contribution in [2.24, 2.45) is 0 Å². The fraction of sp³-hybridized carbons (Fsp3) is 0.294. The van der Waals surface area contributed by atoms with E-state index in [4.69, 9.17) is 0 Å². The Balaban J connectivity index is 2.12. The maximum absolute atomic E-state index is 12.3. The average molecular weight is 271 g/mol. The van der Waals surface area contributed by atoms with Crippen molar-refractivity contribution in [3.8, 4) is 0 Å². The second-order valence-corrected chi connectivity index (χ2v) is 6.76. The monoisotopic (exact) mass is 271 g/mol. The van der Waals surface area contributed by atoms with Crippen molar-refractivity contribution in [2.45, 2.75) is 33.1 Å². The molecule has 0 saturated carbocycles. The molecule has 1 nitrogen and oxygen atoms in total. The summed E-state index contributed by atoms with van der Waals surface area (Å²) in [5, 5.41) is 0. The molecular weight excluding hydrogens is 251 g/mol. The Morgan fingerprint density at radius 1 is 0.895 bits per heavy atom. The Kier molecular flexibility index (Phi) is 4.50. The summed E-state index contributed by atoms with van der Waals surface area (Å²) < 4.78 is 12.3. The Morgan fingerprint density at radius 3 is 2.05 bits per heavy atom. The SMILES string of the molecule is Cc1cc(C)c(C[P+](=O)Cc2ccccc2)c(C)c1. The van der Waals surface area contributed by atoms with E-state index >= 15 is 0 Å². The first kappa shape index (κ1) is 14.0. The summed E-state index contributed by atoms with van der Waals surface area (Å²) in [6, 6.07) is 14.4. The summed E-state index contributed by atoms with van der Waals surface area (Å²) in [6.07, 6.45) is 1.35. The number of hydrogen-bond acceptors (Lipinski definition) is 1. The first-order valence-electron chi connectivity index (χ1n) is 6.59. The van der Waals surface area contributed by atoms with Gasteiger partial charge in [0.2, 0.25) is 0 Å². The van der Waals surface area contributed by atoms with Gasteiger partial charge in [-0.15, -0.1) is 0 Å². The summed E-state index contributed by atoms with van der Waals surface area (Å²) >= 11 is 0. The van der Waals surface area contributed by atoms with Gasteiger partial charge in [0.1, 0.15) is 0 Å². The quantitative estimate of drug-likeness (QED) is 0.704. The highest BCUT2D eigenvalue weighted by molar-refractivity contribution is 7.42. The minimum Gasteiger partial charge on any atom is -0.0740 e. The van der Waals surface area contributed by atoms with E-state index in [0.717, 1.165) is 5.56 Å². The molecule has 0 N–H and O–H groups in total. The van der Waals surface area contributed by atoms with Crippen LogP contribution in [0.15, 0.2) is 42.5 Å². The molecule has 0 aliphatic rings. The molecule has 0 heterocycles. The standard InChI is InChI=1S/C17H20OP/c1-13-9-14(2)17(15(3)10-13)12-19(18)11-16-7-5-4-6-8-16/h4-10H,11-12H2,1-3H3/q+1. The minimum absolute atomic E-state index is 0.670. The Labute approximate surface area is 116 Å². The van der Waals surface area contributed by atoms with Gasteiger partial charge in [-0.1, -0.05) is 52.6 Å². The van der Waals surface area contributed by atoms with Gasteiger partial charge in [-0.05, 0) is 37.5 Å². The van der Waals surface area contributed by atoms with E-state index in [0.29, 0.717) is 12.3 Å². The van der Waals surface area contributed by atoms with Gasteiger partial charge in [-0.25, -0.2) is 0 Å². The maximum Gasteiger partial charge on any atom is 0.348 e. The highest BCUT2D eigenvalue weighted by atomic mass is 31.1. The lowest BCUT2D eigenvalue weighted by Crippen LogP contribution is -1.93. The summed E-state index contributed by atoms with van der Waals surface area (Å²) in [6.45, 7) is 6.33. The van der Waals surface area contributed by atoms with E-state index in [1.807, 2.05) is 30.3 Å². The minimum atomic E-state index is -1.23. The van der Waals surface area contributed by atoms with E-state index in [-0.39, 0.29) is 0 Å². The highest BCUT2D eigenvalue weighted by Gasteiger charge is 2.19. The molecule has 1 atom stereocenters. The van der Waals surface area contributed by atoms with Crippen LogP contribution < -0.4 is 0 Å². The lowest BCUT2D eigenvalue weighted by molar-refractivity contribution is 0.586. The molecule has 2 heteroatoms. The van der Waals surface area contributed by atoms with Crippen LogP contribution in [0, 0.1) is 20.8 Å². The summed E-state index contributed by atoms with van der Waals surface area (Å²) in [4.78, 5) is 0. The van der Waals surface area contributed by atoms with Crippen LogP contribution in [0.5, 0.6) is 0 Å². The van der Waals surface area contributed by atoms with Gasteiger partial charge in [0.05, 0.1) is 0 Å². The molecule has 0 bridgehead atoms. The highest BCUT2D eigenvalue weighted by Crippen LogP contribution is 2.34. The van der Waals surface area contributed by atoms with Crippen molar-refractivity contribution in [3.63, 3.8) is 0 Å². The van der Waals surface area contributed by atoms with Gasteiger partial charge < -0.3 is 0 Å². The summed E-state index contributed by atoms with van der Waals surface area (Å²) in [7, 11) is -1.23. The molecule has 19 heavy (non-hydrogen) atoms. The first-order valence-corrected chi connectivity index (χ1v) is 8.22. The molecule has 98 valence electrons. The van der Waals surface area contributed by atoms with Crippen LogP contribution in [0.2, 0.25) is 0 Å². The van der Waals surface area contributed by atoms with E-state index in [1.165, 1.54) is 22.3 Å². The van der Waals surface area contributed by atoms with E-state index in [2.05, 4.69) is 32.9 Å². The molecule has 0 fully saturated rings.